The van der Waals surface area contributed by atoms with E-state index in [9.17, 15) is 13.2 Å². The fourth-order valence-corrected chi connectivity index (χ4v) is 2.04. The molecule has 3 aromatic rings. The standard InChI is InChI=1S/C15H11F3N2/c16-15(17,18)11-1-3-12(4-2-11)20-13-5-6-14-10(9-13)7-8-19-14/h1-9,19-20H. The summed E-state index contributed by atoms with van der Waals surface area (Å²) in [6.07, 6.45) is -2.46. The van der Waals surface area contributed by atoms with Crippen LogP contribution in [-0.4, -0.2) is 4.98 Å². The summed E-state index contributed by atoms with van der Waals surface area (Å²) >= 11 is 0. The Bertz CT molecular complexity index is 727. The summed E-state index contributed by atoms with van der Waals surface area (Å²) in [4.78, 5) is 3.08. The van der Waals surface area contributed by atoms with Crippen molar-refractivity contribution < 1.29 is 13.2 Å². The van der Waals surface area contributed by atoms with Crippen LogP contribution >= 0.6 is 0 Å². The molecular weight excluding hydrogens is 265 g/mol. The lowest BCUT2D eigenvalue weighted by Gasteiger charge is -2.09. The molecule has 1 aromatic heterocycles. The number of halogens is 3. The van der Waals surface area contributed by atoms with Gasteiger partial charge in [-0.1, -0.05) is 0 Å². The van der Waals surface area contributed by atoms with Crippen molar-refractivity contribution in [2.45, 2.75) is 6.18 Å². The Morgan fingerprint density at radius 1 is 0.850 bits per heavy atom. The van der Waals surface area contributed by atoms with E-state index in [1.54, 1.807) is 0 Å². The van der Waals surface area contributed by atoms with Crippen LogP contribution < -0.4 is 5.32 Å². The maximum absolute atomic E-state index is 12.5. The van der Waals surface area contributed by atoms with Crippen molar-refractivity contribution in [1.82, 2.24) is 4.98 Å². The zero-order valence-corrected chi connectivity index (χ0v) is 10.3. The Hall–Kier alpha value is -2.43. The summed E-state index contributed by atoms with van der Waals surface area (Å²) in [5, 5.41) is 4.13. The lowest BCUT2D eigenvalue weighted by atomic mass is 10.2. The van der Waals surface area contributed by atoms with Crippen molar-refractivity contribution in [3.8, 4) is 0 Å². The van der Waals surface area contributed by atoms with Crippen LogP contribution in [0.2, 0.25) is 0 Å². The molecule has 0 saturated carbocycles. The Morgan fingerprint density at radius 3 is 2.25 bits per heavy atom. The van der Waals surface area contributed by atoms with Crippen LogP contribution in [-0.2, 0) is 6.18 Å². The molecule has 5 heteroatoms. The largest absolute Gasteiger partial charge is 0.416 e. The highest BCUT2D eigenvalue weighted by Crippen LogP contribution is 2.30. The first-order valence-corrected chi connectivity index (χ1v) is 6.04. The molecule has 2 aromatic carbocycles. The minimum atomic E-state index is -4.30. The van der Waals surface area contributed by atoms with Crippen molar-refractivity contribution >= 4 is 22.3 Å². The molecule has 0 fully saturated rings. The first-order chi connectivity index (χ1) is 9.52. The van der Waals surface area contributed by atoms with Crippen molar-refractivity contribution in [3.63, 3.8) is 0 Å². The van der Waals surface area contributed by atoms with Gasteiger partial charge >= 0.3 is 6.18 Å². The summed E-state index contributed by atoms with van der Waals surface area (Å²) < 4.78 is 37.4. The van der Waals surface area contributed by atoms with Gasteiger partial charge < -0.3 is 10.3 Å². The summed E-state index contributed by atoms with van der Waals surface area (Å²) in [6.45, 7) is 0. The number of alkyl halides is 3. The Balaban J connectivity index is 1.83. The van der Waals surface area contributed by atoms with Gasteiger partial charge in [0.15, 0.2) is 0 Å². The number of hydrogen-bond donors (Lipinski definition) is 2. The van der Waals surface area contributed by atoms with Crippen LogP contribution in [0.3, 0.4) is 0 Å². The molecule has 0 aliphatic carbocycles. The van der Waals surface area contributed by atoms with E-state index in [-0.39, 0.29) is 0 Å². The molecule has 20 heavy (non-hydrogen) atoms. The van der Waals surface area contributed by atoms with Gasteiger partial charge in [-0.15, -0.1) is 0 Å². The molecule has 0 unspecified atom stereocenters. The van der Waals surface area contributed by atoms with Gasteiger partial charge in [0.05, 0.1) is 5.56 Å². The average molecular weight is 276 g/mol. The summed E-state index contributed by atoms with van der Waals surface area (Å²) in [7, 11) is 0. The topological polar surface area (TPSA) is 27.8 Å². The van der Waals surface area contributed by atoms with E-state index in [1.807, 2.05) is 30.5 Å². The predicted octanol–water partition coefficient (Wildman–Crippen LogP) is 4.93. The van der Waals surface area contributed by atoms with Crippen molar-refractivity contribution in [2.24, 2.45) is 0 Å². The Kier molecular flexibility index (Phi) is 2.89. The van der Waals surface area contributed by atoms with Gasteiger partial charge in [0.1, 0.15) is 0 Å². The molecule has 0 aliphatic heterocycles. The van der Waals surface area contributed by atoms with E-state index in [0.717, 1.165) is 28.7 Å². The molecule has 3 rings (SSSR count). The van der Waals surface area contributed by atoms with E-state index in [4.69, 9.17) is 0 Å². The fraction of sp³-hybridized carbons (Fsp3) is 0.0667. The normalized spacial score (nSPS) is 11.8. The van der Waals surface area contributed by atoms with E-state index < -0.39 is 11.7 Å². The van der Waals surface area contributed by atoms with Crippen LogP contribution in [0.25, 0.3) is 10.9 Å². The molecule has 2 N–H and O–H groups in total. The number of fused-ring (bicyclic) bond motifs is 1. The lowest BCUT2D eigenvalue weighted by molar-refractivity contribution is -0.137. The predicted molar refractivity (Wildman–Crippen MR) is 73.0 cm³/mol. The number of hydrogen-bond acceptors (Lipinski definition) is 1. The molecule has 0 spiro atoms. The zero-order valence-electron chi connectivity index (χ0n) is 10.3. The third kappa shape index (κ3) is 2.47. The maximum Gasteiger partial charge on any atom is 0.416 e. The second-order valence-corrected chi connectivity index (χ2v) is 4.48. The molecule has 0 radical (unpaired) electrons. The average Bonchev–Trinajstić information content (AvgIpc) is 2.86. The summed E-state index contributed by atoms with van der Waals surface area (Å²) in [6, 6.07) is 12.6. The van der Waals surface area contributed by atoms with E-state index in [2.05, 4.69) is 10.3 Å². The van der Waals surface area contributed by atoms with Crippen LogP contribution in [0.4, 0.5) is 24.5 Å². The number of rotatable bonds is 2. The van der Waals surface area contributed by atoms with Crippen molar-refractivity contribution in [1.29, 1.82) is 0 Å². The monoisotopic (exact) mass is 276 g/mol. The van der Waals surface area contributed by atoms with Gasteiger partial charge in [-0.05, 0) is 48.5 Å². The molecule has 0 atom stereocenters. The molecule has 2 nitrogen and oxygen atoms in total. The number of H-pyrrole nitrogens is 1. The van der Waals surface area contributed by atoms with Gasteiger partial charge in [-0.2, -0.15) is 13.2 Å². The first-order valence-electron chi connectivity index (χ1n) is 6.04. The van der Waals surface area contributed by atoms with E-state index in [1.165, 1.54) is 12.1 Å². The Labute approximate surface area is 113 Å². The minimum absolute atomic E-state index is 0.618. The van der Waals surface area contributed by atoms with Crippen LogP contribution in [0.1, 0.15) is 5.56 Å². The van der Waals surface area contributed by atoms with Gasteiger partial charge in [0, 0.05) is 28.5 Å². The van der Waals surface area contributed by atoms with Gasteiger partial charge in [-0.25, -0.2) is 0 Å². The summed E-state index contributed by atoms with van der Waals surface area (Å²) in [5.74, 6) is 0. The third-order valence-corrected chi connectivity index (χ3v) is 3.05. The highest BCUT2D eigenvalue weighted by molar-refractivity contribution is 5.84. The molecular formula is C15H11F3N2. The highest BCUT2D eigenvalue weighted by atomic mass is 19.4. The molecule has 0 bridgehead atoms. The number of aromatic amines is 1. The molecule has 0 amide bonds. The molecule has 0 saturated heterocycles. The summed E-state index contributed by atoms with van der Waals surface area (Å²) in [5.41, 5.74) is 1.82. The quantitative estimate of drug-likeness (QED) is 0.682. The van der Waals surface area contributed by atoms with Gasteiger partial charge in [-0.3, -0.25) is 0 Å². The number of benzene rings is 2. The Morgan fingerprint density at radius 2 is 1.55 bits per heavy atom. The first kappa shape index (κ1) is 12.6. The lowest BCUT2D eigenvalue weighted by Crippen LogP contribution is -2.04. The van der Waals surface area contributed by atoms with E-state index >= 15 is 0 Å². The number of aromatic nitrogens is 1. The zero-order chi connectivity index (χ0) is 14.2. The molecule has 102 valence electrons. The second kappa shape index (κ2) is 4.59. The van der Waals surface area contributed by atoms with E-state index in [0.29, 0.717) is 5.69 Å². The van der Waals surface area contributed by atoms with Crippen LogP contribution in [0.15, 0.2) is 54.7 Å². The number of anilines is 2. The number of nitrogens with one attached hydrogen (secondary N) is 2. The van der Waals surface area contributed by atoms with Crippen LogP contribution in [0.5, 0.6) is 0 Å². The highest BCUT2D eigenvalue weighted by Gasteiger charge is 2.29. The minimum Gasteiger partial charge on any atom is -0.361 e. The second-order valence-electron chi connectivity index (χ2n) is 4.48. The smallest absolute Gasteiger partial charge is 0.361 e. The van der Waals surface area contributed by atoms with Crippen molar-refractivity contribution in [3.05, 3.63) is 60.3 Å². The maximum atomic E-state index is 12.5. The molecule has 1 heterocycles. The van der Waals surface area contributed by atoms with Crippen LogP contribution in [0, 0.1) is 0 Å². The third-order valence-electron chi connectivity index (χ3n) is 3.05. The SMILES string of the molecule is FC(F)(F)c1ccc(Nc2ccc3[nH]ccc3c2)cc1. The molecule has 0 aliphatic rings. The van der Waals surface area contributed by atoms with Crippen molar-refractivity contribution in [2.75, 3.05) is 5.32 Å². The van der Waals surface area contributed by atoms with Gasteiger partial charge in [0.25, 0.3) is 0 Å². The van der Waals surface area contributed by atoms with Gasteiger partial charge in [0.2, 0.25) is 0 Å². The fourth-order valence-electron chi connectivity index (χ4n) is 2.04.